The Bertz CT molecular complexity index is 356. The second kappa shape index (κ2) is 1.35. The van der Waals surface area contributed by atoms with Gasteiger partial charge in [-0.25, -0.2) is 0 Å². The van der Waals surface area contributed by atoms with Crippen LogP contribution in [0.1, 0.15) is 32.1 Å². The Morgan fingerprint density at radius 1 is 0.857 bits per heavy atom. The van der Waals surface area contributed by atoms with E-state index in [1.165, 1.54) is 32.1 Å². The highest BCUT2D eigenvalue weighted by Crippen LogP contribution is 2.89. The molecule has 6 rings (SSSR count). The number of rotatable bonds is 0. The molecule has 2 saturated heterocycles. The van der Waals surface area contributed by atoms with Gasteiger partial charge in [0.2, 0.25) is 0 Å². The van der Waals surface area contributed by atoms with Crippen LogP contribution in [0.4, 0.5) is 0 Å². The van der Waals surface area contributed by atoms with Gasteiger partial charge in [0.15, 0.2) is 0 Å². The van der Waals surface area contributed by atoms with Crippen molar-refractivity contribution < 1.29 is 9.47 Å². The molecule has 14 heavy (non-hydrogen) atoms. The molecule has 4 saturated carbocycles. The number of hydrogen-bond donors (Lipinski definition) is 0. The third-order valence-electron chi connectivity index (χ3n) is 6.42. The molecular weight excluding hydrogens is 176 g/mol. The maximum absolute atomic E-state index is 6.20. The van der Waals surface area contributed by atoms with Crippen LogP contribution in [0, 0.1) is 17.3 Å². The second-order valence-corrected chi connectivity index (χ2v) is 6.52. The zero-order chi connectivity index (χ0) is 8.76. The first-order chi connectivity index (χ1) is 6.85. The summed E-state index contributed by atoms with van der Waals surface area (Å²) in [6.07, 6.45) is 8.34. The van der Waals surface area contributed by atoms with Crippen LogP contribution in [0.5, 0.6) is 0 Å². The topological polar surface area (TPSA) is 25.1 Å². The summed E-state index contributed by atoms with van der Waals surface area (Å²) in [5, 5.41) is 0. The van der Waals surface area contributed by atoms with Crippen molar-refractivity contribution in [3.05, 3.63) is 0 Å². The largest absolute Gasteiger partial charge is 0.362 e. The van der Waals surface area contributed by atoms with Crippen molar-refractivity contribution in [2.45, 2.75) is 55.5 Å². The summed E-state index contributed by atoms with van der Waals surface area (Å²) in [4.78, 5) is 0. The molecule has 2 aliphatic heterocycles. The Morgan fingerprint density at radius 3 is 1.93 bits per heavy atom. The molecule has 2 heterocycles. The molecule has 0 radical (unpaired) electrons. The summed E-state index contributed by atoms with van der Waals surface area (Å²) >= 11 is 0. The van der Waals surface area contributed by atoms with Crippen LogP contribution >= 0.6 is 0 Å². The summed E-state index contributed by atoms with van der Waals surface area (Å²) in [6.45, 7) is 0. The minimum atomic E-state index is 0.275. The van der Waals surface area contributed by atoms with Crippen molar-refractivity contribution in [1.29, 1.82) is 0 Å². The lowest BCUT2D eigenvalue weighted by atomic mass is 9.79. The molecule has 2 heteroatoms. The predicted molar refractivity (Wildman–Crippen MR) is 47.7 cm³/mol. The predicted octanol–water partition coefficient (Wildman–Crippen LogP) is 1.49. The van der Waals surface area contributed by atoms with Crippen molar-refractivity contribution in [2.24, 2.45) is 17.3 Å². The summed E-state index contributed by atoms with van der Waals surface area (Å²) in [5.41, 5.74) is 1.09. The molecule has 6 atom stereocenters. The van der Waals surface area contributed by atoms with Crippen molar-refractivity contribution >= 4 is 0 Å². The fourth-order valence-corrected chi connectivity index (χ4v) is 5.83. The van der Waals surface area contributed by atoms with Gasteiger partial charge in [-0.2, -0.15) is 0 Å². The van der Waals surface area contributed by atoms with Crippen molar-refractivity contribution in [1.82, 2.24) is 0 Å². The lowest BCUT2D eigenvalue weighted by molar-refractivity contribution is 0.100. The molecule has 6 fully saturated rings. The van der Waals surface area contributed by atoms with Gasteiger partial charge in [0.25, 0.3) is 0 Å². The van der Waals surface area contributed by atoms with Gasteiger partial charge < -0.3 is 9.47 Å². The highest BCUT2D eigenvalue weighted by Gasteiger charge is 3.01. The number of epoxide rings is 2. The molecule has 0 unspecified atom stereocenters. The lowest BCUT2D eigenvalue weighted by Gasteiger charge is -2.24. The Balaban J connectivity index is 1.67. The molecule has 0 aromatic carbocycles. The van der Waals surface area contributed by atoms with Gasteiger partial charge in [0, 0.05) is 5.41 Å². The van der Waals surface area contributed by atoms with Crippen LogP contribution < -0.4 is 0 Å². The fourth-order valence-electron chi connectivity index (χ4n) is 5.83. The SMILES string of the molecule is C1C[C@H]2C[C@H]1[C@@]13O[C@@H]1C1(CC1)[C@H]1O[C@@]213. The Labute approximate surface area is 82.9 Å². The van der Waals surface area contributed by atoms with E-state index in [2.05, 4.69) is 0 Å². The van der Waals surface area contributed by atoms with E-state index in [-0.39, 0.29) is 11.2 Å². The van der Waals surface area contributed by atoms with Gasteiger partial charge in [-0.1, -0.05) is 0 Å². The fraction of sp³-hybridized carbons (Fsp3) is 1.00. The molecule has 0 N–H and O–H groups in total. The Morgan fingerprint density at radius 2 is 1.43 bits per heavy atom. The van der Waals surface area contributed by atoms with Gasteiger partial charge in [-0.3, -0.25) is 0 Å². The van der Waals surface area contributed by atoms with Crippen LogP contribution in [-0.4, -0.2) is 23.4 Å². The van der Waals surface area contributed by atoms with Gasteiger partial charge in [-0.15, -0.1) is 0 Å². The average Bonchev–Trinajstić information content (AvgIpc) is 3.03. The molecule has 74 valence electrons. The number of fused-ring (bicyclic) bond motifs is 4. The van der Waals surface area contributed by atoms with E-state index in [9.17, 15) is 0 Å². The smallest absolute Gasteiger partial charge is 0.130 e. The molecule has 3 spiro atoms. The Kier molecular flexibility index (Phi) is 0.624. The quantitative estimate of drug-likeness (QED) is 0.541. The van der Waals surface area contributed by atoms with E-state index in [1.54, 1.807) is 0 Å². The highest BCUT2D eigenvalue weighted by atomic mass is 16.7. The monoisotopic (exact) mass is 190 g/mol. The molecule has 2 nitrogen and oxygen atoms in total. The highest BCUT2D eigenvalue weighted by molar-refractivity contribution is 5.49. The number of ether oxygens (including phenoxy) is 2. The molecule has 6 aliphatic rings. The first kappa shape index (κ1) is 6.49. The van der Waals surface area contributed by atoms with E-state index < -0.39 is 0 Å². The maximum Gasteiger partial charge on any atom is 0.130 e. The summed E-state index contributed by atoms with van der Waals surface area (Å²) < 4.78 is 12.4. The van der Waals surface area contributed by atoms with Crippen LogP contribution in [0.2, 0.25) is 0 Å². The Hall–Kier alpha value is -0.0800. The minimum absolute atomic E-state index is 0.275. The van der Waals surface area contributed by atoms with E-state index in [1.807, 2.05) is 0 Å². The summed E-state index contributed by atoms with van der Waals surface area (Å²) in [7, 11) is 0. The second-order valence-electron chi connectivity index (χ2n) is 6.52. The standard InChI is InChI=1S/C12H14O2/c1-2-7-5-6(1)11-8(13-11)10(3-4-10)9-12(7,11)14-9/h6-9H,1-5H2/t6-,7-,8+,9+,11-,12+/m0/s1. The van der Waals surface area contributed by atoms with Gasteiger partial charge in [-0.05, 0) is 43.9 Å². The third-order valence-corrected chi connectivity index (χ3v) is 6.42. The normalized spacial score (nSPS) is 77.1. The van der Waals surface area contributed by atoms with E-state index in [0.29, 0.717) is 17.6 Å². The molecular formula is C12H14O2. The lowest BCUT2D eigenvalue weighted by Crippen LogP contribution is -2.39. The summed E-state index contributed by atoms with van der Waals surface area (Å²) in [5.74, 6) is 1.75. The summed E-state index contributed by atoms with van der Waals surface area (Å²) in [6, 6.07) is 0. The van der Waals surface area contributed by atoms with Gasteiger partial charge in [0.1, 0.15) is 11.2 Å². The van der Waals surface area contributed by atoms with E-state index >= 15 is 0 Å². The molecule has 2 bridgehead atoms. The molecule has 0 aromatic heterocycles. The van der Waals surface area contributed by atoms with Crippen LogP contribution in [0.25, 0.3) is 0 Å². The van der Waals surface area contributed by atoms with Crippen LogP contribution in [0.3, 0.4) is 0 Å². The van der Waals surface area contributed by atoms with Crippen molar-refractivity contribution in [2.75, 3.05) is 0 Å². The third kappa shape index (κ3) is 0.337. The van der Waals surface area contributed by atoms with E-state index in [4.69, 9.17) is 9.47 Å². The number of hydrogen-bond acceptors (Lipinski definition) is 2. The molecule has 4 aliphatic carbocycles. The van der Waals surface area contributed by atoms with Crippen molar-refractivity contribution in [3.63, 3.8) is 0 Å². The maximum atomic E-state index is 6.20. The average molecular weight is 190 g/mol. The zero-order valence-corrected chi connectivity index (χ0v) is 8.16. The van der Waals surface area contributed by atoms with Crippen molar-refractivity contribution in [3.8, 4) is 0 Å². The first-order valence-electron chi connectivity index (χ1n) is 6.20. The molecule has 0 aromatic rings. The molecule has 0 amide bonds. The van der Waals surface area contributed by atoms with Crippen LogP contribution in [0.15, 0.2) is 0 Å². The first-order valence-corrected chi connectivity index (χ1v) is 6.20. The van der Waals surface area contributed by atoms with Gasteiger partial charge >= 0.3 is 0 Å². The zero-order valence-electron chi connectivity index (χ0n) is 8.16. The van der Waals surface area contributed by atoms with E-state index in [0.717, 1.165) is 11.8 Å². The minimum Gasteiger partial charge on any atom is -0.362 e. The van der Waals surface area contributed by atoms with Crippen LogP contribution in [-0.2, 0) is 9.47 Å². The van der Waals surface area contributed by atoms with Gasteiger partial charge in [0.05, 0.1) is 12.2 Å².